The van der Waals surface area contributed by atoms with Gasteiger partial charge in [0, 0.05) is 38.1 Å². The Morgan fingerprint density at radius 3 is 2.48 bits per heavy atom. The van der Waals surface area contributed by atoms with Crippen LogP contribution < -0.4 is 9.47 Å². The highest BCUT2D eigenvalue weighted by Gasteiger charge is 2.44. The number of nitro groups is 1. The summed E-state index contributed by atoms with van der Waals surface area (Å²) < 4.78 is 11.9. The molecule has 2 aromatic rings. The Hall–Kier alpha value is -3.42. The van der Waals surface area contributed by atoms with E-state index >= 15 is 0 Å². The number of carbonyl (C=O) groups is 2. The second kappa shape index (κ2) is 8.02. The summed E-state index contributed by atoms with van der Waals surface area (Å²) in [4.78, 5) is 37.2. The van der Waals surface area contributed by atoms with Crippen LogP contribution in [0.15, 0.2) is 36.4 Å². The van der Waals surface area contributed by atoms with Gasteiger partial charge in [-0.3, -0.25) is 19.7 Å². The fraction of sp³-hybridized carbons (Fsp3) is 0.391. The molecule has 162 valence electrons. The number of hydrogen-bond donors (Lipinski definition) is 0. The Morgan fingerprint density at radius 2 is 1.84 bits per heavy atom. The fourth-order valence-corrected chi connectivity index (χ4v) is 4.12. The zero-order valence-corrected chi connectivity index (χ0v) is 17.6. The molecule has 2 aliphatic rings. The molecule has 1 amide bonds. The van der Waals surface area contributed by atoms with Crippen LogP contribution in [0.1, 0.15) is 40.7 Å². The van der Waals surface area contributed by atoms with E-state index in [0.29, 0.717) is 49.4 Å². The maximum atomic E-state index is 12.7. The topological polar surface area (TPSA) is 99.0 Å². The number of hydrogen-bond acceptors (Lipinski definition) is 6. The van der Waals surface area contributed by atoms with Gasteiger partial charge < -0.3 is 14.4 Å². The number of nitro benzene ring substituents is 1. The average molecular weight is 424 g/mol. The van der Waals surface area contributed by atoms with Crippen molar-refractivity contribution in [2.24, 2.45) is 0 Å². The summed E-state index contributed by atoms with van der Waals surface area (Å²) in [5.74, 6) is 1.00. The van der Waals surface area contributed by atoms with E-state index in [9.17, 15) is 19.7 Å². The van der Waals surface area contributed by atoms with E-state index in [1.807, 2.05) is 26.0 Å². The minimum absolute atomic E-state index is 0.0333. The SMILES string of the molecule is Cc1ccc2c(c1C)OC1(CCN(C(=O)COc3ccc([N+](=O)[O-])cc3)CC1)CC2=O. The van der Waals surface area contributed by atoms with Crippen molar-refractivity contribution in [3.63, 3.8) is 0 Å². The Labute approximate surface area is 179 Å². The highest BCUT2D eigenvalue weighted by molar-refractivity contribution is 6.01. The van der Waals surface area contributed by atoms with Gasteiger partial charge in [0.1, 0.15) is 17.1 Å². The van der Waals surface area contributed by atoms with Crippen LogP contribution in [0, 0.1) is 24.0 Å². The van der Waals surface area contributed by atoms with Crippen molar-refractivity contribution >= 4 is 17.4 Å². The molecular formula is C23H24N2O6. The zero-order chi connectivity index (χ0) is 22.2. The monoisotopic (exact) mass is 424 g/mol. The molecule has 2 aromatic carbocycles. The summed E-state index contributed by atoms with van der Waals surface area (Å²) in [5, 5.41) is 10.7. The lowest BCUT2D eigenvalue weighted by molar-refractivity contribution is -0.384. The molecule has 1 spiro atoms. The van der Waals surface area contributed by atoms with Crippen molar-refractivity contribution in [2.45, 2.75) is 38.7 Å². The molecule has 1 saturated heterocycles. The van der Waals surface area contributed by atoms with E-state index in [1.165, 1.54) is 24.3 Å². The number of piperidine rings is 1. The van der Waals surface area contributed by atoms with E-state index < -0.39 is 10.5 Å². The number of ether oxygens (including phenoxy) is 2. The van der Waals surface area contributed by atoms with Crippen LogP contribution in [-0.2, 0) is 4.79 Å². The van der Waals surface area contributed by atoms with Crippen LogP contribution in [0.25, 0.3) is 0 Å². The van der Waals surface area contributed by atoms with Crippen LogP contribution in [0.4, 0.5) is 5.69 Å². The van der Waals surface area contributed by atoms with Crippen LogP contribution in [0.3, 0.4) is 0 Å². The molecule has 0 saturated carbocycles. The lowest BCUT2D eigenvalue weighted by Gasteiger charge is -2.44. The molecule has 0 aliphatic carbocycles. The van der Waals surface area contributed by atoms with E-state index in [0.717, 1.165) is 11.1 Å². The molecule has 0 aromatic heterocycles. The molecule has 8 heteroatoms. The van der Waals surface area contributed by atoms with Crippen LogP contribution >= 0.6 is 0 Å². The second-order valence-corrected chi connectivity index (χ2v) is 8.19. The molecule has 0 bridgehead atoms. The fourth-order valence-electron chi connectivity index (χ4n) is 4.12. The van der Waals surface area contributed by atoms with Gasteiger partial charge in [0.05, 0.1) is 16.9 Å². The lowest BCUT2D eigenvalue weighted by atomic mass is 9.81. The number of fused-ring (bicyclic) bond motifs is 1. The Morgan fingerprint density at radius 1 is 1.16 bits per heavy atom. The van der Waals surface area contributed by atoms with Gasteiger partial charge >= 0.3 is 0 Å². The van der Waals surface area contributed by atoms with Gasteiger partial charge in [0.2, 0.25) is 0 Å². The number of amides is 1. The number of non-ortho nitro benzene ring substituents is 1. The van der Waals surface area contributed by atoms with E-state index in [4.69, 9.17) is 9.47 Å². The average Bonchev–Trinajstić information content (AvgIpc) is 2.76. The maximum Gasteiger partial charge on any atom is 0.269 e. The van der Waals surface area contributed by atoms with E-state index in [-0.39, 0.29) is 24.0 Å². The molecular weight excluding hydrogens is 400 g/mol. The third kappa shape index (κ3) is 4.10. The minimum atomic E-state index is -0.571. The molecule has 0 N–H and O–H groups in total. The maximum absolute atomic E-state index is 12.7. The summed E-state index contributed by atoms with van der Waals surface area (Å²) in [6.07, 6.45) is 1.48. The first-order chi connectivity index (χ1) is 14.8. The highest BCUT2D eigenvalue weighted by Crippen LogP contribution is 2.41. The predicted molar refractivity (Wildman–Crippen MR) is 113 cm³/mol. The number of nitrogens with zero attached hydrogens (tertiary/aromatic N) is 2. The van der Waals surface area contributed by atoms with Crippen LogP contribution in [-0.4, -0.2) is 46.8 Å². The Bertz CT molecular complexity index is 1040. The van der Waals surface area contributed by atoms with Crippen molar-refractivity contribution in [2.75, 3.05) is 19.7 Å². The van der Waals surface area contributed by atoms with Gasteiger partial charge in [-0.2, -0.15) is 0 Å². The molecule has 0 unspecified atom stereocenters. The molecule has 0 radical (unpaired) electrons. The van der Waals surface area contributed by atoms with Crippen molar-refractivity contribution in [1.82, 2.24) is 4.90 Å². The van der Waals surface area contributed by atoms with E-state index in [1.54, 1.807) is 4.90 Å². The van der Waals surface area contributed by atoms with Crippen molar-refractivity contribution in [1.29, 1.82) is 0 Å². The third-order valence-corrected chi connectivity index (χ3v) is 6.22. The van der Waals surface area contributed by atoms with Gasteiger partial charge in [-0.05, 0) is 43.2 Å². The summed E-state index contributed by atoms with van der Waals surface area (Å²) in [6.45, 7) is 4.78. The number of likely N-dealkylation sites (tertiary alicyclic amines) is 1. The predicted octanol–water partition coefficient (Wildman–Crippen LogP) is 3.62. The first-order valence-electron chi connectivity index (χ1n) is 10.3. The third-order valence-electron chi connectivity index (χ3n) is 6.22. The number of benzene rings is 2. The first-order valence-corrected chi connectivity index (χ1v) is 10.3. The Kier molecular flexibility index (Phi) is 5.39. The summed E-state index contributed by atoms with van der Waals surface area (Å²) in [5.41, 5.74) is 2.11. The number of Topliss-reactive ketones (excluding diaryl/α,β-unsaturated/α-hetero) is 1. The van der Waals surface area contributed by atoms with Crippen LogP contribution in [0.5, 0.6) is 11.5 Å². The molecule has 8 nitrogen and oxygen atoms in total. The summed E-state index contributed by atoms with van der Waals surface area (Å²) in [6, 6.07) is 9.40. The summed E-state index contributed by atoms with van der Waals surface area (Å²) >= 11 is 0. The highest BCUT2D eigenvalue weighted by atomic mass is 16.6. The molecule has 2 heterocycles. The normalized spacial score (nSPS) is 17.1. The minimum Gasteiger partial charge on any atom is -0.486 e. The number of carbonyl (C=O) groups excluding carboxylic acids is 2. The number of aryl methyl sites for hydroxylation is 1. The van der Waals surface area contributed by atoms with Gasteiger partial charge in [-0.25, -0.2) is 0 Å². The largest absolute Gasteiger partial charge is 0.486 e. The van der Waals surface area contributed by atoms with Gasteiger partial charge in [-0.15, -0.1) is 0 Å². The quantitative estimate of drug-likeness (QED) is 0.549. The smallest absolute Gasteiger partial charge is 0.269 e. The second-order valence-electron chi connectivity index (χ2n) is 8.19. The van der Waals surface area contributed by atoms with Gasteiger partial charge in [0.25, 0.3) is 11.6 Å². The molecule has 0 atom stereocenters. The van der Waals surface area contributed by atoms with Crippen molar-refractivity contribution in [3.05, 3.63) is 63.2 Å². The summed E-state index contributed by atoms with van der Waals surface area (Å²) in [7, 11) is 0. The van der Waals surface area contributed by atoms with Gasteiger partial charge in [-0.1, -0.05) is 6.07 Å². The van der Waals surface area contributed by atoms with Gasteiger partial charge in [0.15, 0.2) is 12.4 Å². The van der Waals surface area contributed by atoms with Crippen molar-refractivity contribution in [3.8, 4) is 11.5 Å². The molecule has 2 aliphatic heterocycles. The molecule has 1 fully saturated rings. The zero-order valence-electron chi connectivity index (χ0n) is 17.6. The molecule has 31 heavy (non-hydrogen) atoms. The van der Waals surface area contributed by atoms with Crippen molar-refractivity contribution < 1.29 is 24.0 Å². The number of rotatable bonds is 4. The van der Waals surface area contributed by atoms with E-state index in [2.05, 4.69) is 0 Å². The lowest BCUT2D eigenvalue weighted by Crippen LogP contribution is -2.53. The number of ketones is 1. The molecule has 4 rings (SSSR count). The van der Waals surface area contributed by atoms with Crippen LogP contribution in [0.2, 0.25) is 0 Å². The standard InChI is InChI=1S/C23H24N2O6/c1-15-3-8-19-20(26)13-23(31-22(19)16(15)2)9-11-24(12-10-23)21(27)14-30-18-6-4-17(5-7-18)25(28)29/h3-8H,9-14H2,1-2H3. The Balaban J connectivity index is 1.36. The first kappa shape index (κ1) is 20.8.